The van der Waals surface area contributed by atoms with E-state index in [-0.39, 0.29) is 31.0 Å². The van der Waals surface area contributed by atoms with Crippen LogP contribution in [0.5, 0.6) is 0 Å². The first-order valence-electron chi connectivity index (χ1n) is 13.1. The summed E-state index contributed by atoms with van der Waals surface area (Å²) >= 11 is 12.4. The van der Waals surface area contributed by atoms with Gasteiger partial charge in [-0.2, -0.15) is 18.4 Å². The Kier molecular flexibility index (Phi) is 9.96. The average Bonchev–Trinajstić information content (AvgIpc) is 3.35. The highest BCUT2D eigenvalue weighted by Gasteiger charge is 2.39. The number of likely N-dealkylation sites (N-methyl/N-ethyl adjacent to an activating group) is 1. The molecule has 2 aliphatic rings. The van der Waals surface area contributed by atoms with Gasteiger partial charge in [0.2, 0.25) is 5.91 Å². The molecule has 2 heterocycles. The fraction of sp³-hybridized carbons (Fsp3) is 0.500. The smallest absolute Gasteiger partial charge is 0.339 e. The van der Waals surface area contributed by atoms with Crippen LogP contribution in [0.4, 0.5) is 17.6 Å². The lowest BCUT2D eigenvalue weighted by atomic mass is 9.93. The summed E-state index contributed by atoms with van der Waals surface area (Å²) in [5, 5.41) is 9.61. The van der Waals surface area contributed by atoms with Gasteiger partial charge in [0.25, 0.3) is 0 Å². The largest absolute Gasteiger partial charge is 0.419 e. The van der Waals surface area contributed by atoms with Crippen LogP contribution in [-0.4, -0.2) is 91.0 Å². The van der Waals surface area contributed by atoms with E-state index in [9.17, 15) is 22.4 Å². The Balaban J connectivity index is 1.47. The van der Waals surface area contributed by atoms with Crippen molar-refractivity contribution in [2.24, 2.45) is 0 Å². The molecule has 0 aromatic heterocycles. The average molecular weight is 600 g/mol. The molecule has 4 rings (SSSR count). The lowest BCUT2D eigenvalue weighted by Crippen LogP contribution is -2.50. The lowest BCUT2D eigenvalue weighted by Gasteiger charge is -2.34. The van der Waals surface area contributed by atoms with E-state index in [1.165, 1.54) is 6.07 Å². The minimum atomic E-state index is -4.76. The number of halogens is 6. The summed E-state index contributed by atoms with van der Waals surface area (Å²) in [5.41, 5.74) is 0.00214. The standard InChI is InChI=1S/C28H31Cl2F4N5O/c1-36(15-19-3-5-22(25(31)13-19)28(32,33)34)26-17-39(16-21(26)20-4-6-23(29)24(30)14-20)27(40)18-38-11-9-37(10-12-38)8-2-7-35/h3-6,13-14,21,26H,2,8-12,15-18H2,1H3. The number of benzene rings is 2. The van der Waals surface area contributed by atoms with E-state index in [0.717, 1.165) is 50.4 Å². The molecule has 6 nitrogen and oxygen atoms in total. The molecule has 2 unspecified atom stereocenters. The maximum atomic E-state index is 14.2. The molecule has 1 amide bonds. The van der Waals surface area contributed by atoms with Crippen LogP contribution in [0, 0.1) is 17.1 Å². The van der Waals surface area contributed by atoms with Crippen molar-refractivity contribution in [1.82, 2.24) is 19.6 Å². The van der Waals surface area contributed by atoms with Gasteiger partial charge in [-0.1, -0.05) is 35.3 Å². The molecule has 2 fully saturated rings. The Hall–Kier alpha value is -2.42. The van der Waals surface area contributed by atoms with Crippen LogP contribution in [0.25, 0.3) is 0 Å². The van der Waals surface area contributed by atoms with Gasteiger partial charge in [-0.25, -0.2) is 4.39 Å². The molecule has 2 atom stereocenters. The summed E-state index contributed by atoms with van der Waals surface area (Å²) in [5.74, 6) is -1.45. The summed E-state index contributed by atoms with van der Waals surface area (Å²) in [4.78, 5) is 21.5. The third-order valence-electron chi connectivity index (χ3n) is 7.71. The number of nitrogens with zero attached hydrogens (tertiary/aromatic N) is 5. The second kappa shape index (κ2) is 13.0. The van der Waals surface area contributed by atoms with Crippen molar-refractivity contribution in [3.63, 3.8) is 0 Å². The molecule has 0 bridgehead atoms. The van der Waals surface area contributed by atoms with Gasteiger partial charge in [-0.05, 0) is 42.4 Å². The lowest BCUT2D eigenvalue weighted by molar-refractivity contribution is -0.140. The summed E-state index contributed by atoms with van der Waals surface area (Å²) < 4.78 is 53.3. The maximum absolute atomic E-state index is 14.2. The summed E-state index contributed by atoms with van der Waals surface area (Å²) in [6.07, 6.45) is -4.28. The van der Waals surface area contributed by atoms with Gasteiger partial charge in [0.15, 0.2) is 0 Å². The van der Waals surface area contributed by atoms with Gasteiger partial charge in [-0.15, -0.1) is 0 Å². The molecule has 40 heavy (non-hydrogen) atoms. The highest BCUT2D eigenvalue weighted by Crippen LogP contribution is 2.36. The first-order chi connectivity index (χ1) is 19.0. The normalized spacial score (nSPS) is 20.7. The van der Waals surface area contributed by atoms with Crippen LogP contribution < -0.4 is 0 Å². The first kappa shape index (κ1) is 30.5. The van der Waals surface area contributed by atoms with Crippen molar-refractivity contribution in [3.8, 4) is 6.07 Å². The molecule has 0 radical (unpaired) electrons. The van der Waals surface area contributed by atoms with Gasteiger partial charge in [0.1, 0.15) is 5.82 Å². The fourth-order valence-electron chi connectivity index (χ4n) is 5.47. The first-order valence-corrected chi connectivity index (χ1v) is 13.8. The zero-order valence-electron chi connectivity index (χ0n) is 22.1. The van der Waals surface area contributed by atoms with E-state index < -0.39 is 17.6 Å². The molecule has 0 aliphatic carbocycles. The van der Waals surface area contributed by atoms with E-state index in [0.29, 0.717) is 35.1 Å². The highest BCUT2D eigenvalue weighted by molar-refractivity contribution is 6.42. The summed E-state index contributed by atoms with van der Waals surface area (Å²) in [7, 11) is 1.82. The number of likely N-dealkylation sites (tertiary alicyclic amines) is 1. The monoisotopic (exact) mass is 599 g/mol. The van der Waals surface area contributed by atoms with Gasteiger partial charge in [0, 0.05) is 70.7 Å². The SMILES string of the molecule is CN(Cc1ccc(C(F)(F)F)c(F)c1)C1CN(C(=O)CN2CCN(CCC#N)CC2)CC1c1ccc(Cl)c(Cl)c1. The Morgan fingerprint density at radius 3 is 2.38 bits per heavy atom. The molecule has 0 N–H and O–H groups in total. The van der Waals surface area contributed by atoms with E-state index in [1.54, 1.807) is 12.1 Å². The minimum Gasteiger partial charge on any atom is -0.339 e. The number of hydrogen-bond acceptors (Lipinski definition) is 5. The Morgan fingerprint density at radius 2 is 1.75 bits per heavy atom. The van der Waals surface area contributed by atoms with Crippen LogP contribution in [0.2, 0.25) is 10.0 Å². The Labute approximate surface area is 241 Å². The number of carbonyl (C=O) groups excluding carboxylic acids is 1. The van der Waals surface area contributed by atoms with Gasteiger partial charge in [-0.3, -0.25) is 19.5 Å². The van der Waals surface area contributed by atoms with Crippen LogP contribution in [0.3, 0.4) is 0 Å². The predicted molar refractivity (Wildman–Crippen MR) is 146 cm³/mol. The van der Waals surface area contributed by atoms with E-state index >= 15 is 0 Å². The van der Waals surface area contributed by atoms with E-state index in [1.807, 2.05) is 22.9 Å². The molecule has 12 heteroatoms. The molecule has 0 saturated carbocycles. The molecule has 2 aliphatic heterocycles. The van der Waals surface area contributed by atoms with E-state index in [4.69, 9.17) is 28.5 Å². The predicted octanol–water partition coefficient (Wildman–Crippen LogP) is 5.11. The Bertz CT molecular complexity index is 1250. The van der Waals surface area contributed by atoms with Gasteiger partial charge >= 0.3 is 6.18 Å². The maximum Gasteiger partial charge on any atom is 0.419 e. The quantitative estimate of drug-likeness (QED) is 0.395. The van der Waals surface area contributed by atoms with Crippen molar-refractivity contribution >= 4 is 29.1 Å². The second-order valence-electron chi connectivity index (χ2n) is 10.4. The van der Waals surface area contributed by atoms with Crippen LogP contribution in [0.15, 0.2) is 36.4 Å². The minimum absolute atomic E-state index is 0.00740. The number of piperazine rings is 1. The zero-order valence-corrected chi connectivity index (χ0v) is 23.6. The second-order valence-corrected chi connectivity index (χ2v) is 11.2. The molecule has 2 saturated heterocycles. The van der Waals surface area contributed by atoms with E-state index in [2.05, 4.69) is 15.9 Å². The van der Waals surface area contributed by atoms with Crippen LogP contribution in [-0.2, 0) is 17.5 Å². The number of carbonyl (C=O) groups is 1. The molecular weight excluding hydrogens is 569 g/mol. The molecule has 2 aromatic carbocycles. The van der Waals surface area contributed by atoms with Crippen LogP contribution in [0.1, 0.15) is 29.0 Å². The molecular formula is C28H31Cl2F4N5O. The summed E-state index contributed by atoms with van der Waals surface area (Å²) in [6, 6.07) is 10.3. The molecule has 216 valence electrons. The van der Waals surface area contributed by atoms with Gasteiger partial charge in [0.05, 0.1) is 28.2 Å². The number of alkyl halides is 3. The topological polar surface area (TPSA) is 53.8 Å². The third kappa shape index (κ3) is 7.45. The number of rotatable bonds is 8. The van der Waals surface area contributed by atoms with Crippen molar-refractivity contribution in [2.75, 3.05) is 59.4 Å². The zero-order chi connectivity index (χ0) is 29.0. The van der Waals surface area contributed by atoms with Crippen molar-refractivity contribution < 1.29 is 22.4 Å². The third-order valence-corrected chi connectivity index (χ3v) is 8.45. The number of nitriles is 1. The number of amides is 1. The number of hydrogen-bond donors (Lipinski definition) is 0. The van der Waals surface area contributed by atoms with Crippen molar-refractivity contribution in [2.45, 2.75) is 31.1 Å². The molecule has 0 spiro atoms. The van der Waals surface area contributed by atoms with Crippen molar-refractivity contribution in [3.05, 3.63) is 69.0 Å². The summed E-state index contributed by atoms with van der Waals surface area (Å²) in [6.45, 7) is 5.14. The fourth-order valence-corrected chi connectivity index (χ4v) is 5.78. The van der Waals surface area contributed by atoms with Gasteiger partial charge < -0.3 is 4.90 Å². The molecule has 2 aromatic rings. The van der Waals surface area contributed by atoms with Crippen LogP contribution >= 0.6 is 23.2 Å². The van der Waals surface area contributed by atoms with Crippen molar-refractivity contribution in [1.29, 1.82) is 5.26 Å². The highest BCUT2D eigenvalue weighted by atomic mass is 35.5. The Morgan fingerprint density at radius 1 is 1.05 bits per heavy atom.